The van der Waals surface area contributed by atoms with Crippen LogP contribution >= 0.6 is 0 Å². The van der Waals surface area contributed by atoms with Crippen LogP contribution in [-0.2, 0) is 17.8 Å². The molecule has 0 unspecified atom stereocenters. The third kappa shape index (κ3) is 3.75. The summed E-state index contributed by atoms with van der Waals surface area (Å²) in [6.45, 7) is 5.73. The molecule has 0 aromatic carbocycles. The number of hydrogen-bond donors (Lipinski definition) is 1. The fourth-order valence-corrected chi connectivity index (χ4v) is 2.22. The minimum Gasteiger partial charge on any atom is -0.377 e. The predicted molar refractivity (Wildman–Crippen MR) is 71.6 cm³/mol. The fourth-order valence-electron chi connectivity index (χ4n) is 2.22. The summed E-state index contributed by atoms with van der Waals surface area (Å²) in [7, 11) is 1.67. The van der Waals surface area contributed by atoms with Gasteiger partial charge in [-0.15, -0.1) is 0 Å². The SMILES string of the molecule is COCc1nc(C)c(CCCNC2CC2)c(C)n1. The Morgan fingerprint density at radius 3 is 2.44 bits per heavy atom. The monoisotopic (exact) mass is 249 g/mol. The summed E-state index contributed by atoms with van der Waals surface area (Å²) in [5.41, 5.74) is 3.49. The summed E-state index contributed by atoms with van der Waals surface area (Å²) in [6.07, 6.45) is 4.93. The van der Waals surface area contributed by atoms with E-state index in [-0.39, 0.29) is 0 Å². The Morgan fingerprint density at radius 2 is 1.89 bits per heavy atom. The van der Waals surface area contributed by atoms with Gasteiger partial charge >= 0.3 is 0 Å². The van der Waals surface area contributed by atoms with Crippen LogP contribution in [0.15, 0.2) is 0 Å². The molecule has 0 aliphatic heterocycles. The van der Waals surface area contributed by atoms with Gasteiger partial charge in [0.05, 0.1) is 0 Å². The molecule has 1 aliphatic carbocycles. The van der Waals surface area contributed by atoms with E-state index in [2.05, 4.69) is 29.1 Å². The van der Waals surface area contributed by atoms with Gasteiger partial charge in [0.15, 0.2) is 5.82 Å². The van der Waals surface area contributed by atoms with Crippen molar-refractivity contribution in [1.29, 1.82) is 0 Å². The normalized spacial score (nSPS) is 15.1. The van der Waals surface area contributed by atoms with E-state index < -0.39 is 0 Å². The van der Waals surface area contributed by atoms with E-state index in [4.69, 9.17) is 4.74 Å². The van der Waals surface area contributed by atoms with Crippen LogP contribution in [0, 0.1) is 13.8 Å². The highest BCUT2D eigenvalue weighted by atomic mass is 16.5. The number of aryl methyl sites for hydroxylation is 2. The molecule has 0 spiro atoms. The van der Waals surface area contributed by atoms with Crippen LogP contribution < -0.4 is 5.32 Å². The number of methoxy groups -OCH3 is 1. The summed E-state index contributed by atoms with van der Waals surface area (Å²) in [5.74, 6) is 0.785. The molecule has 1 aromatic rings. The second-order valence-corrected chi connectivity index (χ2v) is 5.05. The van der Waals surface area contributed by atoms with Crippen molar-refractivity contribution in [3.8, 4) is 0 Å². The first-order valence-corrected chi connectivity index (χ1v) is 6.76. The third-order valence-corrected chi connectivity index (χ3v) is 3.35. The van der Waals surface area contributed by atoms with E-state index >= 15 is 0 Å². The molecular formula is C14H23N3O. The molecule has 1 saturated carbocycles. The first-order valence-electron chi connectivity index (χ1n) is 6.76. The minimum atomic E-state index is 0.491. The quantitative estimate of drug-likeness (QED) is 0.750. The maximum Gasteiger partial charge on any atom is 0.154 e. The number of hydrogen-bond acceptors (Lipinski definition) is 4. The molecule has 100 valence electrons. The Balaban J connectivity index is 1.89. The molecule has 18 heavy (non-hydrogen) atoms. The zero-order chi connectivity index (χ0) is 13.0. The highest BCUT2D eigenvalue weighted by molar-refractivity contribution is 5.24. The molecule has 4 nitrogen and oxygen atoms in total. The van der Waals surface area contributed by atoms with Crippen LogP contribution in [-0.4, -0.2) is 29.7 Å². The first-order chi connectivity index (χ1) is 8.70. The van der Waals surface area contributed by atoms with E-state index in [9.17, 15) is 0 Å². The molecular weight excluding hydrogens is 226 g/mol. The van der Waals surface area contributed by atoms with Gasteiger partial charge in [-0.3, -0.25) is 0 Å². The molecule has 0 bridgehead atoms. The lowest BCUT2D eigenvalue weighted by atomic mass is 10.1. The number of nitrogens with zero attached hydrogens (tertiary/aromatic N) is 2. The van der Waals surface area contributed by atoms with Crippen LogP contribution in [0.1, 0.15) is 42.0 Å². The van der Waals surface area contributed by atoms with Crippen molar-refractivity contribution in [2.24, 2.45) is 0 Å². The van der Waals surface area contributed by atoms with E-state index in [0.29, 0.717) is 6.61 Å². The average Bonchev–Trinajstić information content (AvgIpc) is 3.11. The summed E-state index contributed by atoms with van der Waals surface area (Å²) in [5, 5.41) is 3.54. The Morgan fingerprint density at radius 1 is 1.22 bits per heavy atom. The van der Waals surface area contributed by atoms with Gasteiger partial charge in [-0.25, -0.2) is 9.97 Å². The number of ether oxygens (including phenoxy) is 1. The third-order valence-electron chi connectivity index (χ3n) is 3.35. The van der Waals surface area contributed by atoms with E-state index in [0.717, 1.165) is 42.6 Å². The van der Waals surface area contributed by atoms with Crippen LogP contribution in [0.4, 0.5) is 0 Å². The average molecular weight is 249 g/mol. The Kier molecular flexibility index (Phi) is 4.66. The number of rotatable bonds is 7. The molecule has 0 atom stereocenters. The number of aromatic nitrogens is 2. The summed E-state index contributed by atoms with van der Waals surface area (Å²) >= 11 is 0. The molecule has 0 amide bonds. The molecule has 4 heteroatoms. The minimum absolute atomic E-state index is 0.491. The molecule has 0 radical (unpaired) electrons. The Labute approximate surface area is 109 Å². The summed E-state index contributed by atoms with van der Waals surface area (Å²) in [4.78, 5) is 8.99. The lowest BCUT2D eigenvalue weighted by molar-refractivity contribution is 0.177. The largest absolute Gasteiger partial charge is 0.377 e. The molecule has 2 rings (SSSR count). The van der Waals surface area contributed by atoms with Crippen LogP contribution in [0.2, 0.25) is 0 Å². The fraction of sp³-hybridized carbons (Fsp3) is 0.714. The number of nitrogens with one attached hydrogen (secondary N) is 1. The Bertz CT molecular complexity index is 379. The van der Waals surface area contributed by atoms with Crippen molar-refractivity contribution in [2.75, 3.05) is 13.7 Å². The van der Waals surface area contributed by atoms with Gasteiger partial charge < -0.3 is 10.1 Å². The highest BCUT2D eigenvalue weighted by Gasteiger charge is 2.19. The maximum atomic E-state index is 5.07. The van der Waals surface area contributed by atoms with Gasteiger partial charge in [0.2, 0.25) is 0 Å². The summed E-state index contributed by atoms with van der Waals surface area (Å²) in [6, 6.07) is 0.799. The van der Waals surface area contributed by atoms with Crippen molar-refractivity contribution in [3.63, 3.8) is 0 Å². The van der Waals surface area contributed by atoms with Crippen LogP contribution in [0.25, 0.3) is 0 Å². The molecule has 1 aromatic heterocycles. The van der Waals surface area contributed by atoms with Crippen molar-refractivity contribution in [1.82, 2.24) is 15.3 Å². The molecule has 1 heterocycles. The topological polar surface area (TPSA) is 47.0 Å². The molecule has 1 N–H and O–H groups in total. The zero-order valence-corrected chi connectivity index (χ0v) is 11.6. The lowest BCUT2D eigenvalue weighted by Gasteiger charge is -2.10. The summed E-state index contributed by atoms with van der Waals surface area (Å²) < 4.78 is 5.07. The standard InChI is InChI=1S/C14H23N3O/c1-10-13(5-4-8-15-12-6-7-12)11(2)17-14(16-10)9-18-3/h12,15H,4-9H2,1-3H3. The predicted octanol–water partition coefficient (Wildman–Crippen LogP) is 1.92. The van der Waals surface area contributed by atoms with Crippen molar-refractivity contribution in [2.45, 2.75) is 52.2 Å². The van der Waals surface area contributed by atoms with Gasteiger partial charge in [-0.2, -0.15) is 0 Å². The zero-order valence-electron chi connectivity index (χ0n) is 11.6. The van der Waals surface area contributed by atoms with Crippen molar-refractivity contribution in [3.05, 3.63) is 22.8 Å². The van der Waals surface area contributed by atoms with E-state index in [1.807, 2.05) is 0 Å². The molecule has 1 aliphatic rings. The molecule has 1 fully saturated rings. The van der Waals surface area contributed by atoms with Gasteiger partial charge in [-0.1, -0.05) is 0 Å². The van der Waals surface area contributed by atoms with Crippen molar-refractivity contribution >= 4 is 0 Å². The van der Waals surface area contributed by atoms with Crippen LogP contribution in [0.3, 0.4) is 0 Å². The van der Waals surface area contributed by atoms with Crippen molar-refractivity contribution < 1.29 is 4.74 Å². The second-order valence-electron chi connectivity index (χ2n) is 5.05. The van der Waals surface area contributed by atoms with Gasteiger partial charge in [0.1, 0.15) is 6.61 Å². The maximum absolute atomic E-state index is 5.07. The van der Waals surface area contributed by atoms with Gasteiger partial charge in [0, 0.05) is 24.5 Å². The lowest BCUT2D eigenvalue weighted by Crippen LogP contribution is -2.18. The first kappa shape index (κ1) is 13.4. The van der Waals surface area contributed by atoms with Crippen LogP contribution in [0.5, 0.6) is 0 Å². The second kappa shape index (κ2) is 6.25. The Hall–Kier alpha value is -1.00. The van der Waals surface area contributed by atoms with E-state index in [1.165, 1.54) is 18.4 Å². The molecule has 0 saturated heterocycles. The van der Waals surface area contributed by atoms with Gasteiger partial charge in [0.25, 0.3) is 0 Å². The van der Waals surface area contributed by atoms with E-state index in [1.54, 1.807) is 7.11 Å². The van der Waals surface area contributed by atoms with Gasteiger partial charge in [-0.05, 0) is 51.6 Å². The highest BCUT2D eigenvalue weighted by Crippen LogP contribution is 2.19. The smallest absolute Gasteiger partial charge is 0.154 e.